The molecule has 0 saturated heterocycles. The number of rotatable bonds is 6. The molecule has 0 aliphatic heterocycles. The van der Waals surface area contributed by atoms with Gasteiger partial charge < -0.3 is 10.6 Å². The van der Waals surface area contributed by atoms with E-state index in [1.54, 1.807) is 23.5 Å². The Balaban J connectivity index is 1.94. The summed E-state index contributed by atoms with van der Waals surface area (Å²) in [6.07, 6.45) is 0.814. The molecular formula is C18H22FN5S. The molecule has 0 atom stereocenters. The molecule has 5 nitrogen and oxygen atoms in total. The third-order valence-electron chi connectivity index (χ3n) is 3.64. The maximum atomic E-state index is 13.9. The van der Waals surface area contributed by atoms with Gasteiger partial charge in [0.25, 0.3) is 0 Å². The quantitative estimate of drug-likeness (QED) is 0.614. The molecule has 0 aliphatic rings. The molecule has 132 valence electrons. The Labute approximate surface area is 151 Å². The monoisotopic (exact) mass is 359 g/mol. The van der Waals surface area contributed by atoms with E-state index < -0.39 is 5.82 Å². The molecule has 0 radical (unpaired) electrons. The maximum Gasteiger partial charge on any atom is 0.191 e. The predicted molar refractivity (Wildman–Crippen MR) is 99.2 cm³/mol. The largest absolute Gasteiger partial charge is 0.357 e. The molecule has 1 aromatic heterocycles. The van der Waals surface area contributed by atoms with Crippen molar-refractivity contribution in [3.8, 4) is 6.07 Å². The molecule has 0 amide bonds. The number of aryl methyl sites for hydroxylation is 2. The van der Waals surface area contributed by atoms with Gasteiger partial charge >= 0.3 is 0 Å². The Hall–Kier alpha value is -2.46. The zero-order chi connectivity index (χ0) is 18.2. The van der Waals surface area contributed by atoms with Crippen molar-refractivity contribution in [1.82, 2.24) is 15.6 Å². The lowest BCUT2D eigenvalue weighted by molar-refractivity contribution is 0.609. The molecule has 0 saturated carbocycles. The highest BCUT2D eigenvalue weighted by Gasteiger charge is 2.06. The number of nitriles is 1. The lowest BCUT2D eigenvalue weighted by Crippen LogP contribution is -2.38. The number of aromatic nitrogens is 1. The van der Waals surface area contributed by atoms with Crippen molar-refractivity contribution in [2.24, 2.45) is 4.99 Å². The highest BCUT2D eigenvalue weighted by Crippen LogP contribution is 2.16. The summed E-state index contributed by atoms with van der Waals surface area (Å²) in [6.45, 7) is 7.70. The first-order valence-electron chi connectivity index (χ1n) is 8.17. The number of hydrogen-bond acceptors (Lipinski definition) is 4. The van der Waals surface area contributed by atoms with Crippen LogP contribution in [-0.4, -0.2) is 24.0 Å². The molecule has 0 aliphatic carbocycles. The van der Waals surface area contributed by atoms with Crippen molar-refractivity contribution in [1.29, 1.82) is 5.26 Å². The van der Waals surface area contributed by atoms with Gasteiger partial charge in [0.2, 0.25) is 0 Å². The molecule has 2 aromatic rings. The Morgan fingerprint density at radius 2 is 2.16 bits per heavy atom. The summed E-state index contributed by atoms with van der Waals surface area (Å²) >= 11 is 1.71. The molecule has 2 N–H and O–H groups in total. The van der Waals surface area contributed by atoms with Gasteiger partial charge in [0.1, 0.15) is 5.82 Å². The fourth-order valence-electron chi connectivity index (χ4n) is 2.19. The van der Waals surface area contributed by atoms with E-state index in [0.29, 0.717) is 23.6 Å². The van der Waals surface area contributed by atoms with Crippen LogP contribution < -0.4 is 10.6 Å². The van der Waals surface area contributed by atoms with Crippen LogP contribution >= 0.6 is 11.3 Å². The molecule has 0 fully saturated rings. The van der Waals surface area contributed by atoms with Crippen molar-refractivity contribution < 1.29 is 4.39 Å². The highest BCUT2D eigenvalue weighted by molar-refractivity contribution is 7.11. The van der Waals surface area contributed by atoms with Crippen molar-refractivity contribution in [2.45, 2.75) is 33.7 Å². The first-order chi connectivity index (χ1) is 12.0. The summed E-state index contributed by atoms with van der Waals surface area (Å²) in [5, 5.41) is 16.3. The van der Waals surface area contributed by atoms with Crippen LogP contribution in [0, 0.1) is 31.0 Å². The Kier molecular flexibility index (Phi) is 6.90. The number of nitrogens with zero attached hydrogens (tertiary/aromatic N) is 3. The van der Waals surface area contributed by atoms with Gasteiger partial charge in [0, 0.05) is 30.0 Å². The van der Waals surface area contributed by atoms with E-state index in [1.165, 1.54) is 10.9 Å². The minimum absolute atomic E-state index is 0.211. The molecule has 2 rings (SSSR count). The second-order valence-electron chi connectivity index (χ2n) is 5.54. The third-order valence-corrected chi connectivity index (χ3v) is 4.77. The molecule has 1 heterocycles. The Morgan fingerprint density at radius 1 is 1.36 bits per heavy atom. The highest BCUT2D eigenvalue weighted by atomic mass is 32.1. The number of hydrogen-bond donors (Lipinski definition) is 2. The second-order valence-corrected chi connectivity index (χ2v) is 6.83. The van der Waals surface area contributed by atoms with Gasteiger partial charge in [-0.15, -0.1) is 11.3 Å². The van der Waals surface area contributed by atoms with E-state index in [4.69, 9.17) is 5.26 Å². The number of thiazole rings is 1. The van der Waals surface area contributed by atoms with Crippen LogP contribution in [-0.2, 0) is 13.0 Å². The molecule has 0 spiro atoms. The van der Waals surface area contributed by atoms with E-state index >= 15 is 0 Å². The topological polar surface area (TPSA) is 73.1 Å². The summed E-state index contributed by atoms with van der Waals surface area (Å²) in [4.78, 5) is 10.2. The van der Waals surface area contributed by atoms with Crippen LogP contribution in [0.2, 0.25) is 0 Å². The minimum atomic E-state index is -0.410. The van der Waals surface area contributed by atoms with Gasteiger partial charge in [0.05, 0.1) is 28.9 Å². The minimum Gasteiger partial charge on any atom is -0.357 e. The smallest absolute Gasteiger partial charge is 0.191 e. The Bertz CT molecular complexity index is 772. The van der Waals surface area contributed by atoms with Crippen LogP contribution in [0.5, 0.6) is 0 Å². The second kappa shape index (κ2) is 9.14. The zero-order valence-corrected chi connectivity index (χ0v) is 15.5. The van der Waals surface area contributed by atoms with Gasteiger partial charge in [-0.2, -0.15) is 5.26 Å². The third kappa shape index (κ3) is 5.54. The lowest BCUT2D eigenvalue weighted by atomic mass is 10.1. The molecule has 0 unspecified atom stereocenters. The van der Waals surface area contributed by atoms with Crippen LogP contribution in [0.15, 0.2) is 23.2 Å². The SMILES string of the molecule is CCNC(=NCc1ccc(C#N)cc1F)NCCc1nc(C)c(C)s1. The predicted octanol–water partition coefficient (Wildman–Crippen LogP) is 3.07. The van der Waals surface area contributed by atoms with E-state index in [0.717, 1.165) is 23.7 Å². The van der Waals surface area contributed by atoms with Gasteiger partial charge in [-0.1, -0.05) is 6.07 Å². The lowest BCUT2D eigenvalue weighted by Gasteiger charge is -2.11. The number of guanidine groups is 1. The average Bonchev–Trinajstić information content (AvgIpc) is 2.91. The Morgan fingerprint density at radius 3 is 2.76 bits per heavy atom. The van der Waals surface area contributed by atoms with E-state index in [9.17, 15) is 4.39 Å². The molecular weight excluding hydrogens is 337 g/mol. The normalized spacial score (nSPS) is 11.2. The van der Waals surface area contributed by atoms with E-state index in [2.05, 4.69) is 27.5 Å². The van der Waals surface area contributed by atoms with E-state index in [-0.39, 0.29) is 6.54 Å². The molecule has 25 heavy (non-hydrogen) atoms. The first-order valence-corrected chi connectivity index (χ1v) is 8.98. The molecule has 7 heteroatoms. The number of nitrogens with one attached hydrogen (secondary N) is 2. The van der Waals surface area contributed by atoms with Gasteiger partial charge in [-0.3, -0.25) is 0 Å². The maximum absolute atomic E-state index is 13.9. The van der Waals surface area contributed by atoms with Gasteiger partial charge in [-0.25, -0.2) is 14.4 Å². The average molecular weight is 359 g/mol. The summed E-state index contributed by atoms with van der Waals surface area (Å²) in [6, 6.07) is 6.36. The van der Waals surface area contributed by atoms with Crippen molar-refractivity contribution in [3.05, 3.63) is 50.7 Å². The number of benzene rings is 1. The zero-order valence-electron chi connectivity index (χ0n) is 14.7. The fraction of sp³-hybridized carbons (Fsp3) is 0.389. The number of halogens is 1. The summed E-state index contributed by atoms with van der Waals surface area (Å²) in [5.41, 5.74) is 1.85. The van der Waals surface area contributed by atoms with Gasteiger partial charge in [-0.05, 0) is 32.9 Å². The standard InChI is InChI=1S/C18H22FN5S/c1-4-21-18(22-8-7-17-24-12(2)13(3)25-17)23-11-15-6-5-14(10-20)9-16(15)19/h5-6,9H,4,7-8,11H2,1-3H3,(H2,21,22,23). The number of aliphatic imine (C=N–C) groups is 1. The summed E-state index contributed by atoms with van der Waals surface area (Å²) in [5.74, 6) is 0.226. The van der Waals surface area contributed by atoms with Crippen molar-refractivity contribution >= 4 is 17.3 Å². The van der Waals surface area contributed by atoms with Crippen LogP contribution in [0.25, 0.3) is 0 Å². The fourth-order valence-corrected chi connectivity index (χ4v) is 3.12. The van der Waals surface area contributed by atoms with Crippen LogP contribution in [0.3, 0.4) is 0 Å². The molecule has 1 aromatic carbocycles. The van der Waals surface area contributed by atoms with Gasteiger partial charge in [0.15, 0.2) is 5.96 Å². The van der Waals surface area contributed by atoms with Crippen molar-refractivity contribution in [2.75, 3.05) is 13.1 Å². The van der Waals surface area contributed by atoms with Crippen molar-refractivity contribution in [3.63, 3.8) is 0 Å². The van der Waals surface area contributed by atoms with Crippen LogP contribution in [0.4, 0.5) is 4.39 Å². The van der Waals surface area contributed by atoms with E-state index in [1.807, 2.05) is 19.9 Å². The summed E-state index contributed by atoms with van der Waals surface area (Å²) in [7, 11) is 0. The van der Waals surface area contributed by atoms with Crippen LogP contribution in [0.1, 0.15) is 33.6 Å². The first kappa shape index (κ1) is 18.9. The molecule has 0 bridgehead atoms. The summed E-state index contributed by atoms with van der Waals surface area (Å²) < 4.78 is 13.9.